The van der Waals surface area contributed by atoms with Crippen LogP contribution in [-0.2, 0) is 13.0 Å². The van der Waals surface area contributed by atoms with Crippen LogP contribution in [-0.4, -0.2) is 53.8 Å². The molecule has 3 aromatic rings. The highest BCUT2D eigenvalue weighted by Gasteiger charge is 2.29. The third-order valence-electron chi connectivity index (χ3n) is 5.35. The van der Waals surface area contributed by atoms with Crippen LogP contribution in [0, 0.1) is 0 Å². The molecule has 0 aliphatic carbocycles. The molecule has 1 amide bonds. The largest absolute Gasteiger partial charge is 0.497 e. The summed E-state index contributed by atoms with van der Waals surface area (Å²) in [6, 6.07) is 15.6. The van der Waals surface area contributed by atoms with Gasteiger partial charge in [-0.1, -0.05) is 18.2 Å². The molecular weight excluding hydrogens is 354 g/mol. The Morgan fingerprint density at radius 3 is 2.68 bits per heavy atom. The van der Waals surface area contributed by atoms with Gasteiger partial charge in [-0.05, 0) is 42.3 Å². The van der Waals surface area contributed by atoms with Crippen LogP contribution in [0.25, 0.3) is 10.9 Å². The average Bonchev–Trinajstić information content (AvgIpc) is 3.04. The number of anilines is 1. The number of carbonyl (C=O) groups is 1. The molecule has 2 N–H and O–H groups in total. The van der Waals surface area contributed by atoms with Gasteiger partial charge in [-0.2, -0.15) is 0 Å². The SMILES string of the molecule is COc1ccc(NCC(O)Cn2c3c(c4ccccc42)CCN(C)C3=O)cc1. The fraction of sp³-hybridized carbons (Fsp3) is 0.318. The highest BCUT2D eigenvalue weighted by atomic mass is 16.5. The number of likely N-dealkylation sites (N-methyl/N-ethyl adjacent to an activating group) is 1. The molecule has 1 aliphatic heterocycles. The first kappa shape index (κ1) is 18.4. The van der Waals surface area contributed by atoms with E-state index in [9.17, 15) is 9.90 Å². The van der Waals surface area contributed by atoms with Crippen molar-refractivity contribution in [3.8, 4) is 5.75 Å². The number of aliphatic hydroxyl groups is 1. The van der Waals surface area contributed by atoms with E-state index in [4.69, 9.17) is 4.74 Å². The first-order chi connectivity index (χ1) is 13.6. The van der Waals surface area contributed by atoms with Crippen molar-refractivity contribution in [3.63, 3.8) is 0 Å². The van der Waals surface area contributed by atoms with Gasteiger partial charge >= 0.3 is 0 Å². The van der Waals surface area contributed by atoms with E-state index in [1.165, 1.54) is 0 Å². The Kier molecular flexibility index (Phi) is 4.96. The van der Waals surface area contributed by atoms with Gasteiger partial charge in [-0.25, -0.2) is 0 Å². The molecule has 2 heterocycles. The molecular formula is C22H25N3O3. The Morgan fingerprint density at radius 2 is 1.93 bits per heavy atom. The Labute approximate surface area is 164 Å². The number of aromatic nitrogens is 1. The highest BCUT2D eigenvalue weighted by molar-refractivity contribution is 6.02. The number of rotatable bonds is 6. The zero-order valence-electron chi connectivity index (χ0n) is 16.2. The van der Waals surface area contributed by atoms with E-state index in [-0.39, 0.29) is 5.91 Å². The van der Waals surface area contributed by atoms with E-state index in [1.54, 1.807) is 12.0 Å². The predicted octanol–water partition coefficient (Wildman–Crippen LogP) is 2.75. The number of carbonyl (C=O) groups excluding carboxylic acids is 1. The fourth-order valence-corrected chi connectivity index (χ4v) is 3.84. The van der Waals surface area contributed by atoms with Crippen LogP contribution >= 0.6 is 0 Å². The fourth-order valence-electron chi connectivity index (χ4n) is 3.84. The lowest BCUT2D eigenvalue weighted by molar-refractivity contribution is 0.0765. The predicted molar refractivity (Wildman–Crippen MR) is 110 cm³/mol. The molecule has 2 aromatic carbocycles. The minimum Gasteiger partial charge on any atom is -0.497 e. The number of amides is 1. The maximum atomic E-state index is 12.8. The van der Waals surface area contributed by atoms with Crippen molar-refractivity contribution in [3.05, 3.63) is 59.8 Å². The van der Waals surface area contributed by atoms with Gasteiger partial charge < -0.3 is 24.6 Å². The summed E-state index contributed by atoms with van der Waals surface area (Å²) in [4.78, 5) is 14.6. The van der Waals surface area contributed by atoms with Gasteiger partial charge in [0.25, 0.3) is 5.91 Å². The summed E-state index contributed by atoms with van der Waals surface area (Å²) in [6.45, 7) is 1.47. The van der Waals surface area contributed by atoms with Crippen LogP contribution in [0.15, 0.2) is 48.5 Å². The number of methoxy groups -OCH3 is 1. The molecule has 1 unspecified atom stereocenters. The second-order valence-electron chi connectivity index (χ2n) is 7.19. The number of hydrogen-bond donors (Lipinski definition) is 2. The van der Waals surface area contributed by atoms with Crippen molar-refractivity contribution in [1.29, 1.82) is 0 Å². The smallest absolute Gasteiger partial charge is 0.270 e. The lowest BCUT2D eigenvalue weighted by Crippen LogP contribution is -2.36. The monoisotopic (exact) mass is 379 g/mol. The van der Waals surface area contributed by atoms with Gasteiger partial charge in [-0.15, -0.1) is 0 Å². The number of ether oxygens (including phenoxy) is 1. The lowest BCUT2D eigenvalue weighted by atomic mass is 10.0. The third kappa shape index (κ3) is 3.31. The quantitative estimate of drug-likeness (QED) is 0.691. The number of nitrogens with zero attached hydrogens (tertiary/aromatic N) is 2. The zero-order valence-corrected chi connectivity index (χ0v) is 16.2. The molecule has 0 bridgehead atoms. The van der Waals surface area contributed by atoms with E-state index >= 15 is 0 Å². The normalized spacial score (nSPS) is 14.8. The Bertz CT molecular complexity index is 994. The minimum absolute atomic E-state index is 0.0211. The molecule has 0 fully saturated rings. The Balaban J connectivity index is 1.56. The molecule has 146 valence electrons. The van der Waals surface area contributed by atoms with Crippen molar-refractivity contribution >= 4 is 22.5 Å². The molecule has 28 heavy (non-hydrogen) atoms. The first-order valence-corrected chi connectivity index (χ1v) is 9.50. The second-order valence-corrected chi connectivity index (χ2v) is 7.19. The Morgan fingerprint density at radius 1 is 1.18 bits per heavy atom. The highest BCUT2D eigenvalue weighted by Crippen LogP contribution is 2.30. The van der Waals surface area contributed by atoms with E-state index in [0.717, 1.165) is 40.9 Å². The number of fused-ring (bicyclic) bond motifs is 3. The number of para-hydroxylation sites is 1. The minimum atomic E-state index is -0.637. The van der Waals surface area contributed by atoms with Crippen LogP contribution in [0.3, 0.4) is 0 Å². The van der Waals surface area contributed by atoms with Crippen LogP contribution in [0.4, 0.5) is 5.69 Å². The number of nitrogens with one attached hydrogen (secondary N) is 1. The van der Waals surface area contributed by atoms with Crippen LogP contribution in [0.1, 0.15) is 16.1 Å². The summed E-state index contributed by atoms with van der Waals surface area (Å²) in [5.41, 5.74) is 3.71. The molecule has 4 rings (SSSR count). The molecule has 6 heteroatoms. The first-order valence-electron chi connectivity index (χ1n) is 9.50. The Hall–Kier alpha value is -2.99. The van der Waals surface area contributed by atoms with Gasteiger partial charge in [0.15, 0.2) is 0 Å². The zero-order chi connectivity index (χ0) is 19.7. The molecule has 1 aromatic heterocycles. The van der Waals surface area contributed by atoms with Crippen LogP contribution < -0.4 is 10.1 Å². The molecule has 1 atom stereocenters. The molecule has 6 nitrogen and oxygen atoms in total. The van der Waals surface area contributed by atoms with Gasteiger partial charge in [-0.3, -0.25) is 4.79 Å². The topological polar surface area (TPSA) is 66.7 Å². The third-order valence-corrected chi connectivity index (χ3v) is 5.35. The lowest BCUT2D eigenvalue weighted by Gasteiger charge is -2.25. The van der Waals surface area contributed by atoms with Crippen molar-refractivity contribution in [2.45, 2.75) is 19.1 Å². The summed E-state index contributed by atoms with van der Waals surface area (Å²) in [7, 11) is 3.46. The van der Waals surface area contributed by atoms with Crippen LogP contribution in [0.2, 0.25) is 0 Å². The average molecular weight is 379 g/mol. The molecule has 0 radical (unpaired) electrons. The maximum absolute atomic E-state index is 12.8. The van der Waals surface area contributed by atoms with Crippen molar-refractivity contribution in [2.24, 2.45) is 0 Å². The second kappa shape index (κ2) is 7.56. The summed E-state index contributed by atoms with van der Waals surface area (Å²) < 4.78 is 7.14. The van der Waals surface area contributed by atoms with Gasteiger partial charge in [0.05, 0.1) is 19.8 Å². The maximum Gasteiger partial charge on any atom is 0.270 e. The van der Waals surface area contributed by atoms with E-state index in [1.807, 2.05) is 54.1 Å². The molecule has 0 saturated carbocycles. The standard InChI is InChI=1S/C22H25N3O3/c1-24-12-11-19-18-5-3-4-6-20(18)25(21(19)22(24)27)14-16(26)13-23-15-7-9-17(28-2)10-8-15/h3-10,16,23,26H,11-14H2,1-2H3. The summed E-state index contributed by atoms with van der Waals surface area (Å²) in [5.74, 6) is 0.812. The summed E-state index contributed by atoms with van der Waals surface area (Å²) in [5, 5.41) is 15.0. The number of aliphatic hydroxyl groups excluding tert-OH is 1. The van der Waals surface area contributed by atoms with Crippen LogP contribution in [0.5, 0.6) is 5.75 Å². The number of benzene rings is 2. The van der Waals surface area contributed by atoms with Gasteiger partial charge in [0.1, 0.15) is 11.4 Å². The van der Waals surface area contributed by atoms with Crippen molar-refractivity contribution in [2.75, 3.05) is 32.6 Å². The molecule has 0 spiro atoms. The molecule has 0 saturated heterocycles. The van der Waals surface area contributed by atoms with Crippen molar-refractivity contribution < 1.29 is 14.6 Å². The van der Waals surface area contributed by atoms with E-state index in [2.05, 4.69) is 11.4 Å². The summed E-state index contributed by atoms with van der Waals surface area (Å²) in [6.07, 6.45) is 0.202. The number of hydrogen-bond acceptors (Lipinski definition) is 4. The summed E-state index contributed by atoms with van der Waals surface area (Å²) >= 11 is 0. The van der Waals surface area contributed by atoms with E-state index in [0.29, 0.717) is 18.8 Å². The molecule has 1 aliphatic rings. The van der Waals surface area contributed by atoms with Gasteiger partial charge in [0, 0.05) is 36.7 Å². The van der Waals surface area contributed by atoms with Gasteiger partial charge in [0.2, 0.25) is 0 Å². The van der Waals surface area contributed by atoms with Crippen molar-refractivity contribution in [1.82, 2.24) is 9.47 Å². The van der Waals surface area contributed by atoms with E-state index < -0.39 is 6.10 Å².